The first kappa shape index (κ1) is 16.4. The number of piperidine rings is 1. The van der Waals surface area contributed by atoms with E-state index < -0.39 is 16.0 Å². The molecule has 0 aliphatic carbocycles. The lowest BCUT2D eigenvalue weighted by atomic mass is 10.1. The van der Waals surface area contributed by atoms with Crippen LogP contribution in [0.3, 0.4) is 0 Å². The van der Waals surface area contributed by atoms with Crippen molar-refractivity contribution in [2.24, 2.45) is 0 Å². The first-order valence-electron chi connectivity index (χ1n) is 7.50. The topological polar surface area (TPSA) is 93.1 Å². The maximum Gasteiger partial charge on any atom is 0.329 e. The first-order chi connectivity index (χ1) is 11.0. The Morgan fingerprint density at radius 3 is 2.74 bits per heavy atom. The summed E-state index contributed by atoms with van der Waals surface area (Å²) in [6, 6.07) is 5.24. The summed E-state index contributed by atoms with van der Waals surface area (Å²) in [6.07, 6.45) is 0.790. The van der Waals surface area contributed by atoms with Crippen LogP contribution >= 0.6 is 0 Å². The van der Waals surface area contributed by atoms with Crippen LogP contribution in [0.2, 0.25) is 0 Å². The molecule has 8 heteroatoms. The van der Waals surface area contributed by atoms with Gasteiger partial charge >= 0.3 is 5.97 Å². The smallest absolute Gasteiger partial charge is 0.329 e. The highest BCUT2D eigenvalue weighted by Crippen LogP contribution is 2.30. The molecule has 2 heterocycles. The van der Waals surface area contributed by atoms with Gasteiger partial charge < -0.3 is 14.6 Å². The molecule has 1 aromatic rings. The van der Waals surface area contributed by atoms with E-state index in [1.54, 1.807) is 12.1 Å². The number of fused-ring (bicyclic) bond motifs is 1. The van der Waals surface area contributed by atoms with E-state index in [-0.39, 0.29) is 12.7 Å². The van der Waals surface area contributed by atoms with Gasteiger partial charge in [0.25, 0.3) is 0 Å². The Hall–Kier alpha value is -1.48. The van der Waals surface area contributed by atoms with Gasteiger partial charge in [0.15, 0.2) is 0 Å². The van der Waals surface area contributed by atoms with E-state index in [2.05, 4.69) is 0 Å². The largest absolute Gasteiger partial charge is 0.480 e. The minimum absolute atomic E-state index is 0.206. The Bertz CT molecular complexity index is 694. The van der Waals surface area contributed by atoms with Crippen LogP contribution in [0, 0.1) is 0 Å². The lowest BCUT2D eigenvalue weighted by Gasteiger charge is -2.31. The summed E-state index contributed by atoms with van der Waals surface area (Å²) < 4.78 is 37.8. The third kappa shape index (κ3) is 3.40. The molecule has 0 amide bonds. The molecule has 0 aromatic heterocycles. The predicted molar refractivity (Wildman–Crippen MR) is 80.3 cm³/mol. The second-order valence-electron chi connectivity index (χ2n) is 5.69. The molecule has 1 aromatic carbocycles. The van der Waals surface area contributed by atoms with Gasteiger partial charge in [0.2, 0.25) is 10.0 Å². The maximum atomic E-state index is 12.9. The van der Waals surface area contributed by atoms with Crippen LogP contribution in [0.25, 0.3) is 0 Å². The number of carbonyl (C=O) groups is 1. The molecule has 1 saturated heterocycles. The molecular weight excluding hydrogens is 322 g/mol. The third-order valence-electron chi connectivity index (χ3n) is 4.20. The Labute approximate surface area is 134 Å². The second kappa shape index (κ2) is 6.56. The SMILES string of the molecule is O=C(O)COC1CCN(S(=O)(=O)c2cccc3c2COC3)CC1. The van der Waals surface area contributed by atoms with Crippen LogP contribution < -0.4 is 0 Å². The van der Waals surface area contributed by atoms with Crippen molar-refractivity contribution in [1.82, 2.24) is 4.31 Å². The predicted octanol–water partition coefficient (Wildman–Crippen LogP) is 0.971. The zero-order chi connectivity index (χ0) is 16.4. The van der Waals surface area contributed by atoms with Crippen molar-refractivity contribution in [2.45, 2.75) is 37.1 Å². The van der Waals surface area contributed by atoms with Crippen molar-refractivity contribution in [3.63, 3.8) is 0 Å². The van der Waals surface area contributed by atoms with Crippen LogP contribution in [0.1, 0.15) is 24.0 Å². The van der Waals surface area contributed by atoms with E-state index in [9.17, 15) is 13.2 Å². The van der Waals surface area contributed by atoms with Gasteiger partial charge in [-0.3, -0.25) is 0 Å². The van der Waals surface area contributed by atoms with E-state index in [0.29, 0.717) is 44.0 Å². The fourth-order valence-corrected chi connectivity index (χ4v) is 4.70. The first-order valence-corrected chi connectivity index (χ1v) is 8.94. The molecule has 3 rings (SSSR count). The highest BCUT2D eigenvalue weighted by atomic mass is 32.2. The number of hydrogen-bond donors (Lipinski definition) is 1. The number of carboxylic acid groups (broad SMARTS) is 1. The lowest BCUT2D eigenvalue weighted by molar-refractivity contribution is -0.145. The molecule has 0 spiro atoms. The molecule has 1 N–H and O–H groups in total. The Kier molecular flexibility index (Phi) is 4.67. The van der Waals surface area contributed by atoms with Crippen LogP contribution in [-0.2, 0) is 37.5 Å². The summed E-state index contributed by atoms with van der Waals surface area (Å²) in [5, 5.41) is 8.62. The standard InChI is InChI=1S/C15H19NO6S/c17-15(18)10-22-12-4-6-16(7-5-12)23(19,20)14-3-1-2-11-8-21-9-13(11)14/h1-3,12H,4-10H2,(H,17,18). The van der Waals surface area contributed by atoms with E-state index in [0.717, 1.165) is 11.1 Å². The molecule has 0 bridgehead atoms. The van der Waals surface area contributed by atoms with Crippen molar-refractivity contribution in [1.29, 1.82) is 0 Å². The van der Waals surface area contributed by atoms with E-state index in [1.807, 2.05) is 6.07 Å². The van der Waals surface area contributed by atoms with Crippen LogP contribution in [0.15, 0.2) is 23.1 Å². The molecule has 23 heavy (non-hydrogen) atoms. The molecule has 0 saturated carbocycles. The summed E-state index contributed by atoms with van der Waals surface area (Å²) in [5.74, 6) is -1.01. The Morgan fingerprint density at radius 2 is 2.04 bits per heavy atom. The molecule has 1 fully saturated rings. The Morgan fingerprint density at radius 1 is 1.30 bits per heavy atom. The van der Waals surface area contributed by atoms with Gasteiger partial charge in [-0.05, 0) is 24.5 Å². The normalized spacial score (nSPS) is 19.7. The number of sulfonamides is 1. The average Bonchev–Trinajstić information content (AvgIpc) is 3.01. The molecule has 126 valence electrons. The monoisotopic (exact) mass is 341 g/mol. The minimum atomic E-state index is -3.56. The number of benzene rings is 1. The summed E-state index contributed by atoms with van der Waals surface area (Å²) in [6.45, 7) is 1.09. The van der Waals surface area contributed by atoms with Crippen molar-refractivity contribution >= 4 is 16.0 Å². The van der Waals surface area contributed by atoms with Crippen molar-refractivity contribution in [2.75, 3.05) is 19.7 Å². The quantitative estimate of drug-likeness (QED) is 0.858. The van der Waals surface area contributed by atoms with E-state index in [1.165, 1.54) is 4.31 Å². The van der Waals surface area contributed by atoms with Gasteiger partial charge in [-0.25, -0.2) is 13.2 Å². The zero-order valence-electron chi connectivity index (χ0n) is 12.6. The highest BCUT2D eigenvalue weighted by Gasteiger charge is 2.32. The summed E-state index contributed by atoms with van der Waals surface area (Å²) in [7, 11) is -3.56. The summed E-state index contributed by atoms with van der Waals surface area (Å²) in [4.78, 5) is 10.8. The van der Waals surface area contributed by atoms with Gasteiger partial charge in [-0.1, -0.05) is 12.1 Å². The molecular formula is C15H19NO6S. The van der Waals surface area contributed by atoms with Gasteiger partial charge in [0.05, 0.1) is 24.2 Å². The lowest BCUT2D eigenvalue weighted by Crippen LogP contribution is -2.41. The molecule has 0 atom stereocenters. The van der Waals surface area contributed by atoms with Gasteiger partial charge in [-0.2, -0.15) is 4.31 Å². The van der Waals surface area contributed by atoms with Gasteiger partial charge in [0, 0.05) is 18.7 Å². The fourth-order valence-electron chi connectivity index (χ4n) is 2.98. The van der Waals surface area contributed by atoms with Crippen LogP contribution in [0.4, 0.5) is 0 Å². The van der Waals surface area contributed by atoms with Crippen molar-refractivity contribution < 1.29 is 27.8 Å². The third-order valence-corrected chi connectivity index (χ3v) is 6.18. The number of rotatable bonds is 5. The number of hydrogen-bond acceptors (Lipinski definition) is 5. The van der Waals surface area contributed by atoms with Crippen molar-refractivity contribution in [3.05, 3.63) is 29.3 Å². The molecule has 2 aliphatic rings. The van der Waals surface area contributed by atoms with Crippen LogP contribution in [0.5, 0.6) is 0 Å². The minimum Gasteiger partial charge on any atom is -0.480 e. The van der Waals surface area contributed by atoms with Gasteiger partial charge in [-0.15, -0.1) is 0 Å². The summed E-state index contributed by atoms with van der Waals surface area (Å²) in [5.41, 5.74) is 1.67. The van der Waals surface area contributed by atoms with E-state index in [4.69, 9.17) is 14.6 Å². The number of aliphatic carboxylic acids is 1. The van der Waals surface area contributed by atoms with Gasteiger partial charge in [0.1, 0.15) is 6.61 Å². The molecule has 0 radical (unpaired) electrons. The highest BCUT2D eigenvalue weighted by molar-refractivity contribution is 7.89. The molecule has 0 unspecified atom stereocenters. The molecule has 7 nitrogen and oxygen atoms in total. The number of ether oxygens (including phenoxy) is 2. The maximum absolute atomic E-state index is 12.9. The van der Waals surface area contributed by atoms with Crippen LogP contribution in [-0.4, -0.2) is 49.6 Å². The second-order valence-corrected chi connectivity index (χ2v) is 7.60. The number of nitrogens with zero attached hydrogens (tertiary/aromatic N) is 1. The fraction of sp³-hybridized carbons (Fsp3) is 0.533. The molecule has 2 aliphatic heterocycles. The van der Waals surface area contributed by atoms with E-state index >= 15 is 0 Å². The Balaban J connectivity index is 1.70. The zero-order valence-corrected chi connectivity index (χ0v) is 13.4. The summed E-state index contributed by atoms with van der Waals surface area (Å²) >= 11 is 0. The average molecular weight is 341 g/mol. The number of carboxylic acids is 1. The van der Waals surface area contributed by atoms with Crippen molar-refractivity contribution in [3.8, 4) is 0 Å².